The van der Waals surface area contributed by atoms with Gasteiger partial charge in [0.1, 0.15) is 0 Å². The van der Waals surface area contributed by atoms with E-state index in [2.05, 4.69) is 0 Å². The standard InChI is InChI=1S/C8H17N3O/c1-6(2)11-5-7(4-9)10(3)8(11)12/h6-7H,4-5,9H2,1-3H3. The number of urea groups is 1. The first-order chi connectivity index (χ1) is 5.57. The summed E-state index contributed by atoms with van der Waals surface area (Å²) in [6.45, 7) is 5.35. The molecule has 1 atom stereocenters. The minimum Gasteiger partial charge on any atom is -0.328 e. The summed E-state index contributed by atoms with van der Waals surface area (Å²) in [5, 5.41) is 0. The Bertz CT molecular complexity index is 181. The normalized spacial score (nSPS) is 24.4. The first-order valence-corrected chi connectivity index (χ1v) is 4.31. The van der Waals surface area contributed by atoms with Crippen molar-refractivity contribution in [2.75, 3.05) is 20.1 Å². The second-order valence-corrected chi connectivity index (χ2v) is 3.53. The quantitative estimate of drug-likeness (QED) is 0.640. The van der Waals surface area contributed by atoms with Gasteiger partial charge >= 0.3 is 6.03 Å². The number of amides is 2. The van der Waals surface area contributed by atoms with Crippen molar-refractivity contribution in [3.8, 4) is 0 Å². The van der Waals surface area contributed by atoms with Crippen LogP contribution >= 0.6 is 0 Å². The molecule has 1 saturated heterocycles. The minimum atomic E-state index is 0.0976. The number of carbonyl (C=O) groups is 1. The van der Waals surface area contributed by atoms with Crippen LogP contribution in [0.1, 0.15) is 13.8 Å². The maximum atomic E-state index is 11.5. The summed E-state index contributed by atoms with van der Waals surface area (Å²) in [5.41, 5.74) is 5.53. The fourth-order valence-electron chi connectivity index (χ4n) is 1.45. The molecule has 0 aromatic heterocycles. The lowest BCUT2D eigenvalue weighted by molar-refractivity contribution is 0.187. The van der Waals surface area contributed by atoms with E-state index in [1.165, 1.54) is 0 Å². The molecule has 0 spiro atoms. The first-order valence-electron chi connectivity index (χ1n) is 4.31. The molecule has 4 heteroatoms. The van der Waals surface area contributed by atoms with Crippen LogP contribution in [0, 0.1) is 0 Å². The highest BCUT2D eigenvalue weighted by Crippen LogP contribution is 2.15. The molecule has 1 aliphatic heterocycles. The summed E-state index contributed by atoms with van der Waals surface area (Å²) >= 11 is 0. The molecule has 1 rings (SSSR count). The topological polar surface area (TPSA) is 49.6 Å². The fourth-order valence-corrected chi connectivity index (χ4v) is 1.45. The number of likely N-dealkylation sites (N-methyl/N-ethyl adjacent to an activating group) is 1. The van der Waals surface area contributed by atoms with Crippen LogP contribution in [0.2, 0.25) is 0 Å². The van der Waals surface area contributed by atoms with Gasteiger partial charge in [-0.15, -0.1) is 0 Å². The zero-order valence-corrected chi connectivity index (χ0v) is 7.95. The number of nitrogens with two attached hydrogens (primary N) is 1. The summed E-state index contributed by atoms with van der Waals surface area (Å²) in [5.74, 6) is 0. The van der Waals surface area contributed by atoms with Crippen LogP contribution < -0.4 is 5.73 Å². The van der Waals surface area contributed by atoms with Gasteiger partial charge in [-0.1, -0.05) is 0 Å². The number of rotatable bonds is 2. The predicted octanol–water partition coefficient (Wildman–Crippen LogP) is 0.0895. The van der Waals surface area contributed by atoms with E-state index < -0.39 is 0 Å². The molecule has 0 bridgehead atoms. The lowest BCUT2D eigenvalue weighted by Crippen LogP contribution is -2.36. The zero-order chi connectivity index (χ0) is 9.30. The van der Waals surface area contributed by atoms with Gasteiger partial charge in [0.25, 0.3) is 0 Å². The van der Waals surface area contributed by atoms with E-state index in [9.17, 15) is 4.79 Å². The van der Waals surface area contributed by atoms with Crippen molar-refractivity contribution in [2.24, 2.45) is 5.73 Å². The number of hydrogen-bond donors (Lipinski definition) is 1. The molecule has 0 aromatic rings. The van der Waals surface area contributed by atoms with Crippen molar-refractivity contribution < 1.29 is 4.79 Å². The van der Waals surface area contributed by atoms with Crippen LogP contribution in [0.5, 0.6) is 0 Å². The van der Waals surface area contributed by atoms with E-state index in [1.807, 2.05) is 25.8 Å². The molecular formula is C8H17N3O. The van der Waals surface area contributed by atoms with E-state index in [-0.39, 0.29) is 18.1 Å². The van der Waals surface area contributed by atoms with E-state index >= 15 is 0 Å². The number of nitrogens with zero attached hydrogens (tertiary/aromatic N) is 2. The summed E-state index contributed by atoms with van der Waals surface area (Å²) in [7, 11) is 1.81. The molecule has 0 saturated carbocycles. The molecule has 2 amide bonds. The van der Waals surface area contributed by atoms with Gasteiger partial charge in [-0.2, -0.15) is 0 Å². The van der Waals surface area contributed by atoms with Crippen molar-refractivity contribution in [3.63, 3.8) is 0 Å². The largest absolute Gasteiger partial charge is 0.328 e. The van der Waals surface area contributed by atoms with Crippen molar-refractivity contribution in [3.05, 3.63) is 0 Å². The van der Waals surface area contributed by atoms with Crippen molar-refractivity contribution in [2.45, 2.75) is 25.9 Å². The van der Waals surface area contributed by atoms with E-state index in [0.717, 1.165) is 6.54 Å². The van der Waals surface area contributed by atoms with E-state index in [1.54, 1.807) is 4.90 Å². The molecular weight excluding hydrogens is 154 g/mol. The van der Waals surface area contributed by atoms with Crippen molar-refractivity contribution >= 4 is 6.03 Å². The van der Waals surface area contributed by atoms with Gasteiger partial charge in [-0.3, -0.25) is 0 Å². The minimum absolute atomic E-state index is 0.0976. The van der Waals surface area contributed by atoms with Crippen molar-refractivity contribution in [1.29, 1.82) is 0 Å². The van der Waals surface area contributed by atoms with E-state index in [4.69, 9.17) is 5.73 Å². The monoisotopic (exact) mass is 171 g/mol. The molecule has 1 heterocycles. The Morgan fingerprint density at radius 1 is 1.67 bits per heavy atom. The lowest BCUT2D eigenvalue weighted by Gasteiger charge is -2.19. The van der Waals surface area contributed by atoms with Gasteiger partial charge in [0.05, 0.1) is 6.04 Å². The third-order valence-corrected chi connectivity index (χ3v) is 2.40. The second-order valence-electron chi connectivity index (χ2n) is 3.53. The third-order valence-electron chi connectivity index (χ3n) is 2.40. The van der Waals surface area contributed by atoms with Gasteiger partial charge in [0.15, 0.2) is 0 Å². The molecule has 0 aliphatic carbocycles. The maximum Gasteiger partial charge on any atom is 0.320 e. The second kappa shape index (κ2) is 3.31. The Labute approximate surface area is 73.3 Å². The van der Waals surface area contributed by atoms with Crippen LogP contribution in [0.4, 0.5) is 4.79 Å². The summed E-state index contributed by atoms with van der Waals surface area (Å²) < 4.78 is 0. The Morgan fingerprint density at radius 3 is 2.50 bits per heavy atom. The van der Waals surface area contributed by atoms with Gasteiger partial charge < -0.3 is 15.5 Å². The van der Waals surface area contributed by atoms with Crippen LogP contribution in [-0.4, -0.2) is 48.1 Å². The van der Waals surface area contributed by atoms with Crippen molar-refractivity contribution in [1.82, 2.24) is 9.80 Å². The van der Waals surface area contributed by atoms with Gasteiger partial charge in [0.2, 0.25) is 0 Å². The zero-order valence-electron chi connectivity index (χ0n) is 7.95. The molecule has 70 valence electrons. The predicted molar refractivity (Wildman–Crippen MR) is 47.8 cm³/mol. The molecule has 1 aliphatic rings. The summed E-state index contributed by atoms with van der Waals surface area (Å²) in [6.07, 6.45) is 0. The molecule has 0 radical (unpaired) electrons. The lowest BCUT2D eigenvalue weighted by atomic mass is 10.3. The number of hydrogen-bond acceptors (Lipinski definition) is 2. The molecule has 0 aromatic carbocycles. The Kier molecular flexibility index (Phi) is 2.57. The highest BCUT2D eigenvalue weighted by Gasteiger charge is 2.34. The van der Waals surface area contributed by atoms with Gasteiger partial charge in [0, 0.05) is 26.2 Å². The average Bonchev–Trinajstić information content (AvgIpc) is 2.30. The Morgan fingerprint density at radius 2 is 2.25 bits per heavy atom. The fraction of sp³-hybridized carbons (Fsp3) is 0.875. The van der Waals surface area contributed by atoms with Crippen LogP contribution in [0.15, 0.2) is 0 Å². The molecule has 2 N–H and O–H groups in total. The average molecular weight is 171 g/mol. The van der Waals surface area contributed by atoms with Gasteiger partial charge in [-0.25, -0.2) is 4.79 Å². The Balaban J connectivity index is 2.67. The van der Waals surface area contributed by atoms with E-state index in [0.29, 0.717) is 6.54 Å². The van der Waals surface area contributed by atoms with Gasteiger partial charge in [-0.05, 0) is 13.8 Å². The Hall–Kier alpha value is -0.770. The van der Waals surface area contributed by atoms with Crippen LogP contribution in [0.25, 0.3) is 0 Å². The third kappa shape index (κ3) is 1.39. The maximum absolute atomic E-state index is 11.5. The SMILES string of the molecule is CC(C)N1CC(CN)N(C)C1=O. The highest BCUT2D eigenvalue weighted by atomic mass is 16.2. The molecule has 12 heavy (non-hydrogen) atoms. The van der Waals surface area contributed by atoms with Crippen LogP contribution in [-0.2, 0) is 0 Å². The summed E-state index contributed by atoms with van der Waals surface area (Å²) in [4.78, 5) is 15.1. The number of carbonyl (C=O) groups excluding carboxylic acids is 1. The first kappa shape index (κ1) is 9.32. The molecule has 1 unspecified atom stereocenters. The molecule has 1 fully saturated rings. The molecule has 4 nitrogen and oxygen atoms in total. The highest BCUT2D eigenvalue weighted by molar-refractivity contribution is 5.77. The van der Waals surface area contributed by atoms with Crippen LogP contribution in [0.3, 0.4) is 0 Å². The summed E-state index contributed by atoms with van der Waals surface area (Å²) in [6, 6.07) is 0.567. The smallest absolute Gasteiger partial charge is 0.320 e.